The largest absolute Gasteiger partial charge is 0.497 e. The van der Waals surface area contributed by atoms with Gasteiger partial charge in [0.25, 0.3) is 0 Å². The molecule has 0 aliphatic carbocycles. The number of benzene rings is 1. The van der Waals surface area contributed by atoms with E-state index in [1.165, 1.54) is 12.8 Å². The van der Waals surface area contributed by atoms with Gasteiger partial charge in [0.15, 0.2) is 0 Å². The van der Waals surface area contributed by atoms with Crippen LogP contribution in [0, 0.1) is 0 Å². The smallest absolute Gasteiger partial charge is 0.123 e. The molecule has 2 aromatic rings. The second kappa shape index (κ2) is 5.81. The molecule has 106 valence electrons. The highest BCUT2D eigenvalue weighted by Gasteiger charge is 2.19. The Labute approximate surface area is 122 Å². The van der Waals surface area contributed by atoms with Gasteiger partial charge in [0.2, 0.25) is 0 Å². The summed E-state index contributed by atoms with van der Waals surface area (Å²) in [6.45, 7) is 1.09. The number of hydrogen-bond acceptors (Lipinski definition) is 5. The summed E-state index contributed by atoms with van der Waals surface area (Å²) >= 11 is 1.67. The Balaban J connectivity index is 1.92. The lowest BCUT2D eigenvalue weighted by Crippen LogP contribution is -2.12. The van der Waals surface area contributed by atoms with Crippen molar-refractivity contribution >= 4 is 11.3 Å². The Hall–Kier alpha value is -1.59. The number of hydrogen-bond donors (Lipinski definition) is 1. The van der Waals surface area contributed by atoms with Gasteiger partial charge in [-0.05, 0) is 31.5 Å². The third-order valence-electron chi connectivity index (χ3n) is 3.54. The topological polar surface area (TPSA) is 43.4 Å². The Bertz CT molecular complexity index is 569. The second-order valence-electron chi connectivity index (χ2n) is 4.83. The molecular formula is C15H18N2O2S. The van der Waals surface area contributed by atoms with Crippen molar-refractivity contribution in [2.75, 3.05) is 20.8 Å². The van der Waals surface area contributed by atoms with E-state index in [1.54, 1.807) is 25.6 Å². The second-order valence-corrected chi connectivity index (χ2v) is 5.69. The van der Waals surface area contributed by atoms with Crippen LogP contribution >= 0.6 is 11.3 Å². The van der Waals surface area contributed by atoms with E-state index in [-0.39, 0.29) is 0 Å². The minimum absolute atomic E-state index is 0.410. The molecule has 1 aliphatic heterocycles. The number of nitrogens with one attached hydrogen (secondary N) is 1. The van der Waals surface area contributed by atoms with E-state index < -0.39 is 0 Å². The molecule has 0 saturated carbocycles. The molecule has 2 heterocycles. The van der Waals surface area contributed by atoms with Crippen molar-refractivity contribution in [3.05, 3.63) is 29.3 Å². The van der Waals surface area contributed by atoms with Crippen molar-refractivity contribution in [1.29, 1.82) is 0 Å². The van der Waals surface area contributed by atoms with Crippen LogP contribution in [0.1, 0.15) is 24.6 Å². The minimum atomic E-state index is 0.410. The number of methoxy groups -OCH3 is 2. The van der Waals surface area contributed by atoms with Crippen LogP contribution in [0.4, 0.5) is 0 Å². The van der Waals surface area contributed by atoms with Crippen molar-refractivity contribution in [2.24, 2.45) is 0 Å². The van der Waals surface area contributed by atoms with Crippen LogP contribution in [-0.2, 0) is 0 Å². The highest BCUT2D eigenvalue weighted by Crippen LogP contribution is 2.33. The third-order valence-corrected chi connectivity index (χ3v) is 4.45. The van der Waals surface area contributed by atoms with E-state index in [1.807, 2.05) is 18.2 Å². The van der Waals surface area contributed by atoms with E-state index in [2.05, 4.69) is 10.7 Å². The molecular weight excluding hydrogens is 272 g/mol. The fourth-order valence-corrected chi connectivity index (χ4v) is 3.31. The Morgan fingerprint density at radius 3 is 2.55 bits per heavy atom. The molecule has 1 aromatic heterocycles. The normalized spacial score (nSPS) is 18.2. The predicted molar refractivity (Wildman–Crippen MR) is 80.6 cm³/mol. The summed E-state index contributed by atoms with van der Waals surface area (Å²) in [5.74, 6) is 1.57. The van der Waals surface area contributed by atoms with Crippen LogP contribution in [0.25, 0.3) is 10.6 Å². The van der Waals surface area contributed by atoms with Gasteiger partial charge in [-0.3, -0.25) is 0 Å². The van der Waals surface area contributed by atoms with Crippen molar-refractivity contribution in [1.82, 2.24) is 10.3 Å². The summed E-state index contributed by atoms with van der Waals surface area (Å²) in [5.41, 5.74) is 2.18. The zero-order valence-electron chi connectivity index (χ0n) is 11.7. The molecule has 1 aromatic carbocycles. The van der Waals surface area contributed by atoms with Crippen LogP contribution in [-0.4, -0.2) is 25.7 Å². The van der Waals surface area contributed by atoms with E-state index in [0.29, 0.717) is 6.04 Å². The Morgan fingerprint density at radius 1 is 1.20 bits per heavy atom. The van der Waals surface area contributed by atoms with E-state index in [9.17, 15) is 0 Å². The Morgan fingerprint density at radius 2 is 1.95 bits per heavy atom. The summed E-state index contributed by atoms with van der Waals surface area (Å²) in [4.78, 5) is 4.76. The molecule has 20 heavy (non-hydrogen) atoms. The minimum Gasteiger partial charge on any atom is -0.497 e. The standard InChI is InChI=1S/C15H18N2O2S/c1-18-11-6-10(7-12(8-11)19-2)15-17-14(9-20-15)13-4-3-5-16-13/h6-9,13,16H,3-5H2,1-2H3/t13-/m0/s1. The van der Waals surface area contributed by atoms with Crippen molar-refractivity contribution < 1.29 is 9.47 Å². The fourth-order valence-electron chi connectivity index (χ4n) is 2.45. The van der Waals surface area contributed by atoms with Gasteiger partial charge in [-0.15, -0.1) is 11.3 Å². The van der Waals surface area contributed by atoms with Crippen LogP contribution in [0.15, 0.2) is 23.6 Å². The molecule has 4 nitrogen and oxygen atoms in total. The molecule has 5 heteroatoms. The SMILES string of the molecule is COc1cc(OC)cc(-c2nc([C@@H]3CCCN3)cs2)c1. The average Bonchev–Trinajstić information content (AvgIpc) is 3.17. The molecule has 0 unspecified atom stereocenters. The van der Waals surface area contributed by atoms with Gasteiger partial charge in [0.1, 0.15) is 16.5 Å². The number of ether oxygens (including phenoxy) is 2. The quantitative estimate of drug-likeness (QED) is 0.938. The molecule has 1 atom stereocenters. The van der Waals surface area contributed by atoms with Gasteiger partial charge >= 0.3 is 0 Å². The fraction of sp³-hybridized carbons (Fsp3) is 0.400. The molecule has 1 N–H and O–H groups in total. The number of rotatable bonds is 4. The molecule has 1 aliphatic rings. The summed E-state index contributed by atoms with van der Waals surface area (Å²) in [6, 6.07) is 6.27. The number of thiazole rings is 1. The van der Waals surface area contributed by atoms with E-state index in [4.69, 9.17) is 14.5 Å². The lowest BCUT2D eigenvalue weighted by atomic mass is 10.2. The molecule has 0 amide bonds. The van der Waals surface area contributed by atoms with E-state index >= 15 is 0 Å². The summed E-state index contributed by atoms with van der Waals surface area (Å²) in [7, 11) is 3.32. The van der Waals surface area contributed by atoms with Gasteiger partial charge in [0.05, 0.1) is 26.0 Å². The van der Waals surface area contributed by atoms with Crippen LogP contribution < -0.4 is 14.8 Å². The first-order chi connectivity index (χ1) is 9.80. The van der Waals surface area contributed by atoms with Crippen molar-refractivity contribution in [3.63, 3.8) is 0 Å². The van der Waals surface area contributed by atoms with Crippen molar-refractivity contribution in [3.8, 4) is 22.1 Å². The van der Waals surface area contributed by atoms with Gasteiger partial charge in [-0.2, -0.15) is 0 Å². The van der Waals surface area contributed by atoms with Gasteiger partial charge in [-0.25, -0.2) is 4.98 Å². The lowest BCUT2D eigenvalue weighted by Gasteiger charge is -2.07. The molecule has 0 spiro atoms. The van der Waals surface area contributed by atoms with Crippen LogP contribution in [0.3, 0.4) is 0 Å². The van der Waals surface area contributed by atoms with Crippen LogP contribution in [0.5, 0.6) is 11.5 Å². The average molecular weight is 290 g/mol. The maximum Gasteiger partial charge on any atom is 0.123 e. The summed E-state index contributed by atoms with van der Waals surface area (Å²) in [6.07, 6.45) is 2.40. The monoisotopic (exact) mass is 290 g/mol. The van der Waals surface area contributed by atoms with Gasteiger partial charge in [-0.1, -0.05) is 0 Å². The first kappa shape index (κ1) is 13.4. The highest BCUT2D eigenvalue weighted by atomic mass is 32.1. The Kier molecular flexibility index (Phi) is 3.89. The highest BCUT2D eigenvalue weighted by molar-refractivity contribution is 7.13. The number of nitrogens with zero attached hydrogens (tertiary/aromatic N) is 1. The molecule has 1 saturated heterocycles. The maximum atomic E-state index is 5.31. The van der Waals surface area contributed by atoms with Gasteiger partial charge < -0.3 is 14.8 Å². The lowest BCUT2D eigenvalue weighted by molar-refractivity contribution is 0.394. The summed E-state index contributed by atoms with van der Waals surface area (Å²) < 4.78 is 10.6. The molecule has 1 fully saturated rings. The molecule has 0 bridgehead atoms. The summed E-state index contributed by atoms with van der Waals surface area (Å²) in [5, 5.41) is 6.63. The van der Waals surface area contributed by atoms with Crippen LogP contribution in [0.2, 0.25) is 0 Å². The molecule has 3 rings (SSSR count). The molecule has 0 radical (unpaired) electrons. The first-order valence-corrected chi connectivity index (χ1v) is 7.60. The predicted octanol–water partition coefficient (Wildman–Crippen LogP) is 3.25. The van der Waals surface area contributed by atoms with E-state index in [0.717, 1.165) is 34.3 Å². The zero-order valence-corrected chi connectivity index (χ0v) is 12.5. The van der Waals surface area contributed by atoms with Gasteiger partial charge in [0, 0.05) is 17.0 Å². The maximum absolute atomic E-state index is 5.31. The zero-order chi connectivity index (χ0) is 13.9. The van der Waals surface area contributed by atoms with Crippen molar-refractivity contribution in [2.45, 2.75) is 18.9 Å². The number of aromatic nitrogens is 1. The first-order valence-electron chi connectivity index (χ1n) is 6.72. The third kappa shape index (κ3) is 2.64.